The topological polar surface area (TPSA) is 83.5 Å². The van der Waals surface area contributed by atoms with Crippen molar-refractivity contribution >= 4 is 22.1 Å². The maximum Gasteiger partial charge on any atom is 0.328 e. The number of aliphatic carboxylic acids is 1. The first-order valence-corrected chi connectivity index (χ1v) is 6.81. The fourth-order valence-electron chi connectivity index (χ4n) is 1.21. The summed E-state index contributed by atoms with van der Waals surface area (Å²) in [5.41, 5.74) is 0.622. The highest BCUT2D eigenvalue weighted by atomic mass is 32.2. The van der Waals surface area contributed by atoms with E-state index in [1.54, 1.807) is 0 Å². The number of halogens is 1. The fraction of sp³-hybridized carbons (Fsp3) is 0.182. The number of carboxylic acid groups (broad SMARTS) is 1. The lowest BCUT2D eigenvalue weighted by Gasteiger charge is -2.05. The molecule has 0 amide bonds. The maximum atomic E-state index is 13.4. The highest BCUT2D eigenvalue weighted by Crippen LogP contribution is 2.12. The van der Waals surface area contributed by atoms with Crippen LogP contribution < -0.4 is 4.72 Å². The van der Waals surface area contributed by atoms with E-state index in [1.807, 2.05) is 0 Å². The van der Waals surface area contributed by atoms with Crippen molar-refractivity contribution in [2.24, 2.45) is 0 Å². The third-order valence-electron chi connectivity index (χ3n) is 2.01. The average Bonchev–Trinajstić information content (AvgIpc) is 2.25. The zero-order valence-electron chi connectivity index (χ0n) is 9.55. The van der Waals surface area contributed by atoms with E-state index in [-0.39, 0.29) is 12.1 Å². The number of hydrogen-bond donors (Lipinski definition) is 2. The molecule has 0 aliphatic carbocycles. The summed E-state index contributed by atoms with van der Waals surface area (Å²) in [6.07, 6.45) is 3.19. The van der Waals surface area contributed by atoms with Gasteiger partial charge in [-0.25, -0.2) is 22.3 Å². The fourth-order valence-corrected chi connectivity index (χ4v) is 1.63. The molecule has 0 atom stereocenters. The second kappa shape index (κ2) is 5.74. The normalized spacial score (nSPS) is 11.9. The van der Waals surface area contributed by atoms with E-state index in [1.165, 1.54) is 18.2 Å². The first-order chi connectivity index (χ1) is 8.28. The molecule has 0 aliphatic rings. The van der Waals surface area contributed by atoms with Gasteiger partial charge < -0.3 is 5.11 Å². The van der Waals surface area contributed by atoms with Crippen molar-refractivity contribution in [3.8, 4) is 0 Å². The molecule has 98 valence electrons. The molecule has 0 saturated carbocycles. The second-order valence-corrected chi connectivity index (χ2v) is 5.45. The van der Waals surface area contributed by atoms with Crippen LogP contribution in [0.1, 0.15) is 11.1 Å². The van der Waals surface area contributed by atoms with Gasteiger partial charge >= 0.3 is 5.97 Å². The number of hydrogen-bond acceptors (Lipinski definition) is 3. The molecule has 0 aromatic heterocycles. The van der Waals surface area contributed by atoms with Gasteiger partial charge in [-0.15, -0.1) is 0 Å². The molecule has 0 heterocycles. The van der Waals surface area contributed by atoms with Crippen molar-refractivity contribution in [1.29, 1.82) is 0 Å². The summed E-state index contributed by atoms with van der Waals surface area (Å²) in [4.78, 5) is 10.3. The predicted molar refractivity (Wildman–Crippen MR) is 64.8 cm³/mol. The Bertz CT molecular complexity index is 581. The van der Waals surface area contributed by atoms with E-state index in [4.69, 9.17) is 5.11 Å². The van der Waals surface area contributed by atoms with Crippen LogP contribution in [-0.2, 0) is 21.4 Å². The summed E-state index contributed by atoms with van der Waals surface area (Å²) in [6.45, 7) is -0.181. The largest absolute Gasteiger partial charge is 0.478 e. The van der Waals surface area contributed by atoms with Crippen LogP contribution in [0.15, 0.2) is 24.3 Å². The molecule has 1 rings (SSSR count). The number of benzene rings is 1. The van der Waals surface area contributed by atoms with Gasteiger partial charge in [0.25, 0.3) is 0 Å². The summed E-state index contributed by atoms with van der Waals surface area (Å²) in [6, 6.07) is 3.94. The first-order valence-electron chi connectivity index (χ1n) is 4.92. The second-order valence-electron chi connectivity index (χ2n) is 3.62. The Labute approximate surface area is 104 Å². The van der Waals surface area contributed by atoms with Crippen LogP contribution in [0.4, 0.5) is 4.39 Å². The van der Waals surface area contributed by atoms with Crippen LogP contribution >= 0.6 is 0 Å². The summed E-state index contributed by atoms with van der Waals surface area (Å²) >= 11 is 0. The lowest BCUT2D eigenvalue weighted by Crippen LogP contribution is -2.21. The standard InChI is InChI=1S/C11H12FNO4S/c1-18(16,17)13-7-9-6-8(2-4-10(9)12)3-5-11(14)15/h2-6,13H,7H2,1H3,(H,14,15). The van der Waals surface area contributed by atoms with E-state index in [0.717, 1.165) is 18.4 Å². The molecular weight excluding hydrogens is 261 g/mol. The van der Waals surface area contributed by atoms with Crippen molar-refractivity contribution in [1.82, 2.24) is 4.72 Å². The number of nitrogens with one attached hydrogen (secondary N) is 1. The third-order valence-corrected chi connectivity index (χ3v) is 2.68. The van der Waals surface area contributed by atoms with Crippen molar-refractivity contribution in [3.05, 3.63) is 41.2 Å². The zero-order chi connectivity index (χ0) is 13.8. The monoisotopic (exact) mass is 273 g/mol. The molecule has 1 aromatic rings. The Balaban J connectivity index is 2.91. The van der Waals surface area contributed by atoms with Gasteiger partial charge in [-0.3, -0.25) is 0 Å². The molecule has 0 fully saturated rings. The van der Waals surface area contributed by atoms with E-state index in [9.17, 15) is 17.6 Å². The Morgan fingerprint density at radius 3 is 2.72 bits per heavy atom. The molecule has 0 saturated heterocycles. The molecule has 18 heavy (non-hydrogen) atoms. The van der Waals surface area contributed by atoms with Crippen LogP contribution in [0, 0.1) is 5.82 Å². The van der Waals surface area contributed by atoms with Gasteiger partial charge in [-0.2, -0.15) is 0 Å². The Kier molecular flexibility index (Phi) is 4.57. The van der Waals surface area contributed by atoms with E-state index >= 15 is 0 Å². The zero-order valence-corrected chi connectivity index (χ0v) is 10.4. The van der Waals surface area contributed by atoms with Crippen LogP contribution in [0.3, 0.4) is 0 Å². The van der Waals surface area contributed by atoms with Crippen LogP contribution in [0.2, 0.25) is 0 Å². The smallest absolute Gasteiger partial charge is 0.328 e. The SMILES string of the molecule is CS(=O)(=O)NCc1cc(C=CC(=O)O)ccc1F. The quantitative estimate of drug-likeness (QED) is 0.783. The number of carboxylic acids is 1. The predicted octanol–water partition coefficient (Wildman–Crippen LogP) is 0.973. The minimum atomic E-state index is -3.41. The van der Waals surface area contributed by atoms with Crippen LogP contribution in [-0.4, -0.2) is 25.7 Å². The van der Waals surface area contributed by atoms with Crippen molar-refractivity contribution < 1.29 is 22.7 Å². The minimum Gasteiger partial charge on any atom is -0.478 e. The summed E-state index contributed by atoms with van der Waals surface area (Å²) in [5.74, 6) is -1.67. The Morgan fingerprint density at radius 1 is 1.50 bits per heavy atom. The van der Waals surface area contributed by atoms with Crippen molar-refractivity contribution in [2.45, 2.75) is 6.54 Å². The van der Waals surface area contributed by atoms with Crippen LogP contribution in [0.5, 0.6) is 0 Å². The van der Waals surface area contributed by atoms with Gasteiger partial charge in [0, 0.05) is 18.2 Å². The lowest BCUT2D eigenvalue weighted by molar-refractivity contribution is -0.131. The molecule has 0 bridgehead atoms. The first kappa shape index (κ1) is 14.3. The van der Waals surface area contributed by atoms with E-state index in [0.29, 0.717) is 5.56 Å². The molecule has 1 aromatic carbocycles. The number of sulfonamides is 1. The summed E-state index contributed by atoms with van der Waals surface area (Å²) in [5, 5.41) is 8.46. The molecule has 0 spiro atoms. The molecule has 2 N–H and O–H groups in total. The molecule has 0 unspecified atom stereocenters. The Morgan fingerprint density at radius 2 is 2.17 bits per heavy atom. The third kappa shape index (κ3) is 5.07. The molecule has 5 nitrogen and oxygen atoms in total. The highest BCUT2D eigenvalue weighted by molar-refractivity contribution is 7.88. The highest BCUT2D eigenvalue weighted by Gasteiger charge is 2.06. The van der Waals surface area contributed by atoms with Gasteiger partial charge in [0.05, 0.1) is 6.26 Å². The Hall–Kier alpha value is -1.73. The van der Waals surface area contributed by atoms with Gasteiger partial charge in [-0.1, -0.05) is 6.07 Å². The average molecular weight is 273 g/mol. The number of carbonyl (C=O) groups is 1. The van der Waals surface area contributed by atoms with Crippen LogP contribution in [0.25, 0.3) is 6.08 Å². The van der Waals surface area contributed by atoms with E-state index < -0.39 is 21.8 Å². The van der Waals surface area contributed by atoms with Gasteiger partial charge in [0.15, 0.2) is 0 Å². The molecule has 0 radical (unpaired) electrons. The van der Waals surface area contributed by atoms with Gasteiger partial charge in [-0.05, 0) is 23.8 Å². The molecule has 0 aliphatic heterocycles. The van der Waals surface area contributed by atoms with Gasteiger partial charge in [0.1, 0.15) is 5.82 Å². The molecular formula is C11H12FNO4S. The summed E-state index contributed by atoms with van der Waals surface area (Å²) in [7, 11) is -3.41. The van der Waals surface area contributed by atoms with E-state index in [2.05, 4.69) is 4.72 Å². The van der Waals surface area contributed by atoms with Crippen molar-refractivity contribution in [2.75, 3.05) is 6.26 Å². The van der Waals surface area contributed by atoms with Gasteiger partial charge in [0.2, 0.25) is 10.0 Å². The lowest BCUT2D eigenvalue weighted by atomic mass is 10.1. The molecule has 7 heteroatoms. The summed E-state index contributed by atoms with van der Waals surface area (Å²) < 4.78 is 37.3. The minimum absolute atomic E-state index is 0.146. The van der Waals surface area contributed by atoms with Crippen molar-refractivity contribution in [3.63, 3.8) is 0 Å². The maximum absolute atomic E-state index is 13.4. The number of rotatable bonds is 5.